The lowest BCUT2D eigenvalue weighted by Crippen LogP contribution is -2.45. The van der Waals surface area contributed by atoms with Gasteiger partial charge >= 0.3 is 0 Å². The molecule has 2 aliphatic rings. The maximum absolute atomic E-state index is 12.5. The van der Waals surface area contributed by atoms with E-state index in [4.69, 9.17) is 4.74 Å². The largest absolute Gasteiger partial charge is 0.475 e. The van der Waals surface area contributed by atoms with E-state index in [2.05, 4.69) is 10.3 Å². The second-order valence-corrected chi connectivity index (χ2v) is 7.25. The van der Waals surface area contributed by atoms with E-state index in [1.807, 2.05) is 30.9 Å². The van der Waals surface area contributed by atoms with Gasteiger partial charge in [0.1, 0.15) is 0 Å². The summed E-state index contributed by atoms with van der Waals surface area (Å²) in [6.07, 6.45) is 5.46. The summed E-state index contributed by atoms with van der Waals surface area (Å²) < 4.78 is 5.69. The van der Waals surface area contributed by atoms with Crippen molar-refractivity contribution >= 4 is 11.8 Å². The first-order valence-electron chi connectivity index (χ1n) is 9.21. The van der Waals surface area contributed by atoms with Crippen LogP contribution in [0.4, 0.5) is 0 Å². The van der Waals surface area contributed by atoms with Crippen LogP contribution in [0.1, 0.15) is 45.1 Å². The van der Waals surface area contributed by atoms with Crippen molar-refractivity contribution < 1.29 is 14.3 Å². The molecule has 2 fully saturated rings. The number of ether oxygens (including phenoxy) is 1. The molecular weight excluding hydrogens is 318 g/mol. The lowest BCUT2D eigenvalue weighted by Gasteiger charge is -2.32. The Morgan fingerprint density at radius 2 is 2.12 bits per heavy atom. The number of nitrogens with one attached hydrogen (secondary N) is 1. The molecule has 1 N–H and O–H groups in total. The fraction of sp³-hybridized carbons (Fsp3) is 0.632. The van der Waals surface area contributed by atoms with Crippen molar-refractivity contribution in [1.29, 1.82) is 0 Å². The van der Waals surface area contributed by atoms with Gasteiger partial charge in [-0.3, -0.25) is 9.59 Å². The van der Waals surface area contributed by atoms with Gasteiger partial charge in [0.05, 0.1) is 12.0 Å². The standard InChI is InChI=1S/C19H27N3O3/c1-13(2)25-18-15(5-3-9-20-18)11-21-17(23)16-6-4-10-22(12-16)19(24)14-7-8-14/h3,5,9,13-14,16H,4,6-8,10-12H2,1-2H3,(H,21,23). The van der Waals surface area contributed by atoms with Crippen LogP contribution in [-0.2, 0) is 16.1 Å². The molecule has 1 aliphatic carbocycles. The van der Waals surface area contributed by atoms with Crippen molar-refractivity contribution in [2.75, 3.05) is 13.1 Å². The number of piperidine rings is 1. The number of pyridine rings is 1. The summed E-state index contributed by atoms with van der Waals surface area (Å²) in [7, 11) is 0. The topological polar surface area (TPSA) is 71.5 Å². The van der Waals surface area contributed by atoms with E-state index in [-0.39, 0.29) is 29.8 Å². The Morgan fingerprint density at radius 3 is 2.84 bits per heavy atom. The van der Waals surface area contributed by atoms with Crippen LogP contribution in [0.25, 0.3) is 0 Å². The number of nitrogens with zero attached hydrogens (tertiary/aromatic N) is 2. The van der Waals surface area contributed by atoms with Gasteiger partial charge in [0.25, 0.3) is 0 Å². The molecule has 6 nitrogen and oxygen atoms in total. The molecule has 136 valence electrons. The molecule has 1 atom stereocenters. The molecule has 0 spiro atoms. The molecule has 1 saturated carbocycles. The highest BCUT2D eigenvalue weighted by Gasteiger charge is 2.36. The third kappa shape index (κ3) is 4.71. The molecule has 0 aromatic carbocycles. The van der Waals surface area contributed by atoms with E-state index in [0.717, 1.165) is 37.8 Å². The van der Waals surface area contributed by atoms with Crippen molar-refractivity contribution in [3.05, 3.63) is 23.9 Å². The van der Waals surface area contributed by atoms with E-state index in [1.54, 1.807) is 6.20 Å². The second kappa shape index (κ2) is 7.85. The minimum atomic E-state index is -0.123. The van der Waals surface area contributed by atoms with Crippen LogP contribution in [0.2, 0.25) is 0 Å². The highest BCUT2D eigenvalue weighted by molar-refractivity contribution is 5.83. The molecule has 6 heteroatoms. The molecular formula is C19H27N3O3. The number of aromatic nitrogens is 1. The van der Waals surface area contributed by atoms with Gasteiger partial charge < -0.3 is 15.0 Å². The molecule has 1 saturated heterocycles. The predicted octanol–water partition coefficient (Wildman–Crippen LogP) is 2.13. The Kier molecular flexibility index (Phi) is 5.56. The maximum Gasteiger partial charge on any atom is 0.225 e. The lowest BCUT2D eigenvalue weighted by molar-refractivity contribution is -0.136. The first-order chi connectivity index (χ1) is 12.0. The molecule has 2 heterocycles. The molecule has 3 rings (SSSR count). The number of hydrogen-bond donors (Lipinski definition) is 1. The lowest BCUT2D eigenvalue weighted by atomic mass is 9.96. The number of carbonyl (C=O) groups excluding carboxylic acids is 2. The van der Waals surface area contributed by atoms with Crippen molar-refractivity contribution in [2.24, 2.45) is 11.8 Å². The van der Waals surface area contributed by atoms with E-state index in [1.165, 1.54) is 0 Å². The summed E-state index contributed by atoms with van der Waals surface area (Å²) in [4.78, 5) is 30.9. The number of amides is 2. The first-order valence-corrected chi connectivity index (χ1v) is 9.21. The van der Waals surface area contributed by atoms with Gasteiger partial charge in [-0.2, -0.15) is 0 Å². The summed E-state index contributed by atoms with van der Waals surface area (Å²) in [5, 5.41) is 2.99. The Bertz CT molecular complexity index is 628. The summed E-state index contributed by atoms with van der Waals surface area (Å²) in [5.74, 6) is 0.896. The predicted molar refractivity (Wildman–Crippen MR) is 93.9 cm³/mol. The minimum Gasteiger partial charge on any atom is -0.475 e. The van der Waals surface area contributed by atoms with E-state index < -0.39 is 0 Å². The highest BCUT2D eigenvalue weighted by atomic mass is 16.5. The Balaban J connectivity index is 1.54. The molecule has 1 aromatic heterocycles. The molecule has 1 aromatic rings. The van der Waals surface area contributed by atoms with Gasteiger partial charge in [-0.05, 0) is 45.6 Å². The Morgan fingerprint density at radius 1 is 1.32 bits per heavy atom. The van der Waals surface area contributed by atoms with E-state index >= 15 is 0 Å². The Labute approximate surface area is 148 Å². The number of hydrogen-bond acceptors (Lipinski definition) is 4. The van der Waals surface area contributed by atoms with Crippen molar-refractivity contribution in [3.63, 3.8) is 0 Å². The summed E-state index contributed by atoms with van der Waals surface area (Å²) in [5.41, 5.74) is 0.867. The molecule has 2 amide bonds. The summed E-state index contributed by atoms with van der Waals surface area (Å²) in [6.45, 7) is 5.62. The van der Waals surface area contributed by atoms with Gasteiger partial charge in [0, 0.05) is 37.3 Å². The molecule has 0 radical (unpaired) electrons. The molecule has 25 heavy (non-hydrogen) atoms. The van der Waals surface area contributed by atoms with Gasteiger partial charge in [-0.25, -0.2) is 4.98 Å². The van der Waals surface area contributed by atoms with Gasteiger partial charge in [0.2, 0.25) is 17.7 Å². The minimum absolute atomic E-state index is 0.00708. The fourth-order valence-electron chi connectivity index (χ4n) is 3.19. The van der Waals surface area contributed by atoms with Crippen LogP contribution >= 0.6 is 0 Å². The van der Waals surface area contributed by atoms with Crippen LogP contribution < -0.4 is 10.1 Å². The fourth-order valence-corrected chi connectivity index (χ4v) is 3.19. The van der Waals surface area contributed by atoms with Crippen LogP contribution in [0.5, 0.6) is 5.88 Å². The van der Waals surface area contributed by atoms with Crippen molar-refractivity contribution in [3.8, 4) is 5.88 Å². The summed E-state index contributed by atoms with van der Waals surface area (Å²) in [6, 6.07) is 3.75. The average Bonchev–Trinajstić information content (AvgIpc) is 3.45. The zero-order chi connectivity index (χ0) is 17.8. The van der Waals surface area contributed by atoms with Gasteiger partial charge in [-0.15, -0.1) is 0 Å². The van der Waals surface area contributed by atoms with E-state index in [0.29, 0.717) is 19.0 Å². The maximum atomic E-state index is 12.5. The number of rotatable bonds is 6. The smallest absolute Gasteiger partial charge is 0.225 e. The monoisotopic (exact) mass is 345 g/mol. The van der Waals surface area contributed by atoms with Crippen LogP contribution in [0, 0.1) is 11.8 Å². The van der Waals surface area contributed by atoms with Crippen molar-refractivity contribution in [1.82, 2.24) is 15.2 Å². The second-order valence-electron chi connectivity index (χ2n) is 7.25. The van der Waals surface area contributed by atoms with E-state index in [9.17, 15) is 9.59 Å². The van der Waals surface area contributed by atoms with Crippen LogP contribution in [0.3, 0.4) is 0 Å². The third-order valence-corrected chi connectivity index (χ3v) is 4.68. The van der Waals surface area contributed by atoms with Crippen LogP contribution in [0.15, 0.2) is 18.3 Å². The molecule has 0 bridgehead atoms. The SMILES string of the molecule is CC(C)Oc1ncccc1CNC(=O)C1CCCN(C(=O)C2CC2)C1. The van der Waals surface area contributed by atoms with Crippen molar-refractivity contribution in [2.45, 2.75) is 52.2 Å². The average molecular weight is 345 g/mol. The zero-order valence-electron chi connectivity index (χ0n) is 15.0. The number of likely N-dealkylation sites (tertiary alicyclic amines) is 1. The summed E-state index contributed by atoms with van der Waals surface area (Å²) >= 11 is 0. The quantitative estimate of drug-likeness (QED) is 0.857. The molecule has 1 aliphatic heterocycles. The normalized spacial score (nSPS) is 20.4. The van der Waals surface area contributed by atoms with Crippen LogP contribution in [-0.4, -0.2) is 40.9 Å². The van der Waals surface area contributed by atoms with Gasteiger partial charge in [0.15, 0.2) is 0 Å². The first kappa shape index (κ1) is 17.7. The zero-order valence-corrected chi connectivity index (χ0v) is 15.0. The molecule has 1 unspecified atom stereocenters. The highest BCUT2D eigenvalue weighted by Crippen LogP contribution is 2.32. The van der Waals surface area contributed by atoms with Gasteiger partial charge in [-0.1, -0.05) is 6.07 Å². The Hall–Kier alpha value is -2.11. The third-order valence-electron chi connectivity index (χ3n) is 4.68. The number of carbonyl (C=O) groups is 2.